The number of carbonyl (C=O) groups is 1. The van der Waals surface area contributed by atoms with Crippen molar-refractivity contribution in [3.63, 3.8) is 0 Å². The first-order valence-electron chi connectivity index (χ1n) is 5.01. The molecule has 1 aromatic rings. The summed E-state index contributed by atoms with van der Waals surface area (Å²) in [7, 11) is 0. The van der Waals surface area contributed by atoms with Gasteiger partial charge in [-0.2, -0.15) is 0 Å². The average Bonchev–Trinajstić information content (AvgIpc) is 2.28. The van der Waals surface area contributed by atoms with Crippen LogP contribution in [0.4, 0.5) is 10.1 Å². The molecule has 17 heavy (non-hydrogen) atoms. The van der Waals surface area contributed by atoms with Crippen molar-refractivity contribution in [1.82, 2.24) is 0 Å². The van der Waals surface area contributed by atoms with Gasteiger partial charge in [-0.15, -0.1) is 0 Å². The molecule has 0 spiro atoms. The second kappa shape index (κ2) is 6.27. The molecule has 92 valence electrons. The van der Waals surface area contributed by atoms with Crippen molar-refractivity contribution in [2.24, 2.45) is 5.73 Å². The fourth-order valence-corrected chi connectivity index (χ4v) is 1.38. The molecule has 0 saturated heterocycles. The molecule has 1 amide bonds. The normalized spacial score (nSPS) is 10.0. The zero-order valence-corrected chi connectivity index (χ0v) is 10.1. The van der Waals surface area contributed by atoms with Crippen LogP contribution in [0.3, 0.4) is 0 Å². The third-order valence-electron chi connectivity index (χ3n) is 1.96. The summed E-state index contributed by atoms with van der Waals surface area (Å²) in [5.41, 5.74) is 6.12. The van der Waals surface area contributed by atoms with Crippen molar-refractivity contribution in [2.45, 2.75) is 6.92 Å². The number of nitrogens with two attached hydrogens (primary N) is 1. The van der Waals surface area contributed by atoms with E-state index in [9.17, 15) is 9.18 Å². The van der Waals surface area contributed by atoms with Gasteiger partial charge in [-0.3, -0.25) is 4.79 Å². The van der Waals surface area contributed by atoms with Gasteiger partial charge in [0.1, 0.15) is 17.4 Å². The summed E-state index contributed by atoms with van der Waals surface area (Å²) in [6.45, 7) is 2.16. The van der Waals surface area contributed by atoms with Gasteiger partial charge in [0, 0.05) is 12.2 Å². The number of amides is 1. The number of hydrogen-bond acceptors (Lipinski definition) is 3. The molecule has 1 rings (SSSR count). The molecule has 0 saturated carbocycles. The number of ether oxygens (including phenoxy) is 1. The van der Waals surface area contributed by atoms with Crippen LogP contribution in [0.25, 0.3) is 0 Å². The van der Waals surface area contributed by atoms with Crippen LogP contribution in [0, 0.1) is 5.82 Å². The highest BCUT2D eigenvalue weighted by Crippen LogP contribution is 2.16. The second-order valence-electron chi connectivity index (χ2n) is 3.24. The fraction of sp³-hybridized carbons (Fsp3) is 0.273. The third kappa shape index (κ3) is 4.08. The molecule has 0 aliphatic carbocycles. The van der Waals surface area contributed by atoms with Crippen LogP contribution >= 0.6 is 12.2 Å². The molecule has 1 aromatic carbocycles. The Morgan fingerprint density at radius 3 is 2.88 bits per heavy atom. The predicted octanol–water partition coefficient (Wildman–Crippen LogP) is 1.43. The van der Waals surface area contributed by atoms with Gasteiger partial charge >= 0.3 is 0 Å². The number of rotatable bonds is 5. The Bertz CT molecular complexity index is 437. The van der Waals surface area contributed by atoms with E-state index in [1.807, 2.05) is 0 Å². The summed E-state index contributed by atoms with van der Waals surface area (Å²) in [4.78, 5) is 11.4. The standard InChI is InChI=1S/C11H13FN2O2S/c1-2-16-6-10(15)14-9-4-3-7(12)5-8(9)11(13)17/h3-5H,2,6H2,1H3,(H2,13,17)(H,14,15). The lowest BCUT2D eigenvalue weighted by Gasteiger charge is -2.10. The molecule has 0 unspecified atom stereocenters. The molecule has 0 atom stereocenters. The van der Waals surface area contributed by atoms with Gasteiger partial charge in [0.05, 0.1) is 5.69 Å². The Balaban J connectivity index is 2.83. The van der Waals surface area contributed by atoms with Gasteiger partial charge in [0.15, 0.2) is 0 Å². The summed E-state index contributed by atoms with van der Waals surface area (Å²) >= 11 is 4.78. The number of anilines is 1. The lowest BCUT2D eigenvalue weighted by Crippen LogP contribution is -2.21. The second-order valence-corrected chi connectivity index (χ2v) is 3.68. The van der Waals surface area contributed by atoms with Crippen LogP contribution in [-0.2, 0) is 9.53 Å². The smallest absolute Gasteiger partial charge is 0.250 e. The SMILES string of the molecule is CCOCC(=O)Nc1ccc(F)cc1C(N)=S. The lowest BCUT2D eigenvalue weighted by atomic mass is 10.1. The lowest BCUT2D eigenvalue weighted by molar-refractivity contribution is -0.120. The fourth-order valence-electron chi connectivity index (χ4n) is 1.21. The van der Waals surface area contributed by atoms with Crippen LogP contribution in [0.5, 0.6) is 0 Å². The van der Waals surface area contributed by atoms with E-state index in [1.165, 1.54) is 18.2 Å². The van der Waals surface area contributed by atoms with Crippen LogP contribution in [-0.4, -0.2) is 24.1 Å². The molecule has 0 heterocycles. The van der Waals surface area contributed by atoms with E-state index in [0.717, 1.165) is 0 Å². The minimum atomic E-state index is -0.462. The number of hydrogen-bond donors (Lipinski definition) is 2. The van der Waals surface area contributed by atoms with E-state index in [-0.39, 0.29) is 17.5 Å². The summed E-state index contributed by atoms with van der Waals surface area (Å²) in [5, 5.41) is 2.56. The summed E-state index contributed by atoms with van der Waals surface area (Å²) < 4.78 is 17.9. The Morgan fingerprint density at radius 2 is 2.29 bits per heavy atom. The van der Waals surface area contributed by atoms with Crippen molar-refractivity contribution in [1.29, 1.82) is 0 Å². The molecule has 0 bridgehead atoms. The van der Waals surface area contributed by atoms with Gasteiger partial charge in [-0.05, 0) is 25.1 Å². The zero-order valence-electron chi connectivity index (χ0n) is 9.33. The molecule has 6 heteroatoms. The monoisotopic (exact) mass is 256 g/mol. The number of halogens is 1. The van der Waals surface area contributed by atoms with Crippen LogP contribution in [0.15, 0.2) is 18.2 Å². The van der Waals surface area contributed by atoms with E-state index < -0.39 is 5.82 Å². The van der Waals surface area contributed by atoms with Crippen molar-refractivity contribution < 1.29 is 13.9 Å². The molecular weight excluding hydrogens is 243 g/mol. The summed E-state index contributed by atoms with van der Waals surface area (Å²) in [6.07, 6.45) is 0. The highest BCUT2D eigenvalue weighted by molar-refractivity contribution is 7.80. The maximum atomic E-state index is 13.0. The van der Waals surface area contributed by atoms with Crippen LogP contribution in [0.1, 0.15) is 12.5 Å². The Kier molecular flexibility index (Phi) is 4.99. The number of thiocarbonyl (C=S) groups is 1. The first-order chi connectivity index (χ1) is 8.04. The van der Waals surface area contributed by atoms with E-state index >= 15 is 0 Å². The maximum Gasteiger partial charge on any atom is 0.250 e. The predicted molar refractivity (Wildman–Crippen MR) is 67.4 cm³/mol. The summed E-state index contributed by atoms with van der Waals surface area (Å²) in [5.74, 6) is -0.799. The first-order valence-corrected chi connectivity index (χ1v) is 5.42. The van der Waals surface area contributed by atoms with E-state index in [0.29, 0.717) is 17.9 Å². The topological polar surface area (TPSA) is 64.3 Å². The maximum absolute atomic E-state index is 13.0. The number of nitrogens with one attached hydrogen (secondary N) is 1. The van der Waals surface area contributed by atoms with E-state index in [2.05, 4.69) is 5.32 Å². The molecule has 0 aliphatic heterocycles. The van der Waals surface area contributed by atoms with E-state index in [1.54, 1.807) is 6.92 Å². The van der Waals surface area contributed by atoms with Gasteiger partial charge in [-0.1, -0.05) is 12.2 Å². The van der Waals surface area contributed by atoms with Gasteiger partial charge in [0.25, 0.3) is 0 Å². The molecule has 0 radical (unpaired) electrons. The Hall–Kier alpha value is -1.53. The molecule has 0 fully saturated rings. The summed E-state index contributed by atoms with van der Waals surface area (Å²) in [6, 6.07) is 3.81. The van der Waals surface area contributed by atoms with Gasteiger partial charge in [0.2, 0.25) is 5.91 Å². The Labute approximate surface area is 104 Å². The van der Waals surface area contributed by atoms with E-state index in [4.69, 9.17) is 22.7 Å². The molecule has 3 N–H and O–H groups in total. The Morgan fingerprint density at radius 1 is 1.59 bits per heavy atom. The largest absolute Gasteiger partial charge is 0.389 e. The minimum Gasteiger partial charge on any atom is -0.389 e. The quantitative estimate of drug-likeness (QED) is 0.782. The van der Waals surface area contributed by atoms with Crippen molar-refractivity contribution in [3.8, 4) is 0 Å². The first kappa shape index (κ1) is 13.5. The van der Waals surface area contributed by atoms with Crippen molar-refractivity contribution in [3.05, 3.63) is 29.6 Å². The molecular formula is C11H13FN2O2S. The minimum absolute atomic E-state index is 0.0243. The zero-order chi connectivity index (χ0) is 12.8. The van der Waals surface area contributed by atoms with Crippen molar-refractivity contribution in [2.75, 3.05) is 18.5 Å². The van der Waals surface area contributed by atoms with Gasteiger partial charge < -0.3 is 15.8 Å². The number of carbonyl (C=O) groups excluding carboxylic acids is 1. The van der Waals surface area contributed by atoms with Crippen molar-refractivity contribution >= 4 is 28.8 Å². The third-order valence-corrected chi connectivity index (χ3v) is 2.18. The molecule has 0 aromatic heterocycles. The highest BCUT2D eigenvalue weighted by Gasteiger charge is 2.09. The molecule has 4 nitrogen and oxygen atoms in total. The molecule has 0 aliphatic rings. The number of benzene rings is 1. The van der Waals surface area contributed by atoms with Gasteiger partial charge in [-0.25, -0.2) is 4.39 Å². The van der Waals surface area contributed by atoms with Crippen LogP contribution in [0.2, 0.25) is 0 Å². The van der Waals surface area contributed by atoms with Crippen LogP contribution < -0.4 is 11.1 Å². The highest BCUT2D eigenvalue weighted by atomic mass is 32.1. The average molecular weight is 256 g/mol.